The van der Waals surface area contributed by atoms with Crippen molar-refractivity contribution < 1.29 is 13.9 Å². The first-order chi connectivity index (χ1) is 11.2. The van der Waals surface area contributed by atoms with Crippen molar-refractivity contribution in [1.82, 2.24) is 0 Å². The van der Waals surface area contributed by atoms with Crippen molar-refractivity contribution in [2.45, 2.75) is 25.7 Å². The van der Waals surface area contributed by atoms with Gasteiger partial charge < -0.3 is 15.2 Å². The highest BCUT2D eigenvalue weighted by atomic mass is 19.1. The Labute approximate surface area is 137 Å². The van der Waals surface area contributed by atoms with Crippen LogP contribution < -0.4 is 15.2 Å². The van der Waals surface area contributed by atoms with Gasteiger partial charge >= 0.3 is 0 Å². The predicted molar refractivity (Wildman–Crippen MR) is 90.5 cm³/mol. The molecule has 2 rings (SSSR count). The quantitative estimate of drug-likeness (QED) is 0.707. The van der Waals surface area contributed by atoms with Gasteiger partial charge in [-0.2, -0.15) is 0 Å². The summed E-state index contributed by atoms with van der Waals surface area (Å²) in [6, 6.07) is 14.2. The Hall–Kier alpha value is -2.07. The van der Waals surface area contributed by atoms with E-state index in [1.165, 1.54) is 12.1 Å². The number of halogens is 1. The number of hydrogen-bond acceptors (Lipinski definition) is 3. The summed E-state index contributed by atoms with van der Waals surface area (Å²) >= 11 is 0. The van der Waals surface area contributed by atoms with Gasteiger partial charge in [-0.1, -0.05) is 18.2 Å². The molecule has 0 radical (unpaired) electrons. The van der Waals surface area contributed by atoms with E-state index in [1.807, 2.05) is 31.2 Å². The lowest BCUT2D eigenvalue weighted by atomic mass is 9.94. The second kappa shape index (κ2) is 9.16. The van der Waals surface area contributed by atoms with Crippen molar-refractivity contribution >= 4 is 0 Å². The Balaban J connectivity index is 1.79. The van der Waals surface area contributed by atoms with Crippen LogP contribution in [0.4, 0.5) is 4.39 Å². The molecule has 0 bridgehead atoms. The number of ether oxygens (including phenoxy) is 2. The zero-order valence-corrected chi connectivity index (χ0v) is 13.5. The van der Waals surface area contributed by atoms with Gasteiger partial charge in [-0.15, -0.1) is 0 Å². The minimum Gasteiger partial charge on any atom is -0.494 e. The highest BCUT2D eigenvalue weighted by molar-refractivity contribution is 5.32. The third kappa shape index (κ3) is 5.57. The van der Waals surface area contributed by atoms with Gasteiger partial charge in [0.25, 0.3) is 0 Å². The molecule has 124 valence electrons. The summed E-state index contributed by atoms with van der Waals surface area (Å²) in [4.78, 5) is 0. The fourth-order valence-corrected chi connectivity index (χ4v) is 2.50. The Morgan fingerprint density at radius 2 is 1.74 bits per heavy atom. The predicted octanol–water partition coefficient (Wildman–Crippen LogP) is 4.13. The molecule has 0 saturated carbocycles. The van der Waals surface area contributed by atoms with E-state index in [-0.39, 0.29) is 11.7 Å². The van der Waals surface area contributed by atoms with Gasteiger partial charge in [0.15, 0.2) is 0 Å². The van der Waals surface area contributed by atoms with Crippen LogP contribution in [0.1, 0.15) is 31.2 Å². The van der Waals surface area contributed by atoms with E-state index in [1.54, 1.807) is 12.1 Å². The molecule has 1 atom stereocenters. The fourth-order valence-electron chi connectivity index (χ4n) is 2.50. The Kier molecular flexibility index (Phi) is 6.88. The smallest absolute Gasteiger partial charge is 0.123 e. The monoisotopic (exact) mass is 317 g/mol. The van der Waals surface area contributed by atoms with Gasteiger partial charge in [-0.05, 0) is 62.1 Å². The summed E-state index contributed by atoms with van der Waals surface area (Å²) in [5.41, 5.74) is 6.91. The minimum atomic E-state index is -0.220. The van der Waals surface area contributed by atoms with Gasteiger partial charge in [0, 0.05) is 6.07 Å². The van der Waals surface area contributed by atoms with Crippen LogP contribution in [0.3, 0.4) is 0 Å². The standard InChI is InChI=1S/C19H24FNO2/c1-2-22-18-6-3-7-19(13-18)23-12-4-5-16(14-21)15-8-10-17(20)11-9-15/h3,6-11,13,16H,2,4-5,12,14,21H2,1H3. The molecular weight excluding hydrogens is 293 g/mol. The summed E-state index contributed by atoms with van der Waals surface area (Å²) in [5, 5.41) is 0. The second-order valence-electron chi connectivity index (χ2n) is 5.38. The molecule has 2 aromatic carbocycles. The lowest BCUT2D eigenvalue weighted by Crippen LogP contribution is -2.13. The number of benzene rings is 2. The topological polar surface area (TPSA) is 44.5 Å². The molecule has 23 heavy (non-hydrogen) atoms. The van der Waals surface area contributed by atoms with Crippen LogP contribution in [0.5, 0.6) is 11.5 Å². The Morgan fingerprint density at radius 1 is 1.04 bits per heavy atom. The van der Waals surface area contributed by atoms with Crippen LogP contribution >= 0.6 is 0 Å². The first kappa shape index (κ1) is 17.3. The van der Waals surface area contributed by atoms with Crippen molar-refractivity contribution in [3.63, 3.8) is 0 Å². The van der Waals surface area contributed by atoms with E-state index in [2.05, 4.69) is 0 Å². The maximum atomic E-state index is 13.0. The van der Waals surface area contributed by atoms with E-state index in [4.69, 9.17) is 15.2 Å². The van der Waals surface area contributed by atoms with Crippen molar-refractivity contribution in [1.29, 1.82) is 0 Å². The SMILES string of the molecule is CCOc1cccc(OCCCC(CN)c2ccc(F)cc2)c1. The third-order valence-corrected chi connectivity index (χ3v) is 3.71. The van der Waals surface area contributed by atoms with Crippen molar-refractivity contribution in [3.8, 4) is 11.5 Å². The van der Waals surface area contributed by atoms with E-state index >= 15 is 0 Å². The van der Waals surface area contributed by atoms with E-state index in [9.17, 15) is 4.39 Å². The molecule has 0 aliphatic rings. The maximum absolute atomic E-state index is 13.0. The van der Waals surface area contributed by atoms with Gasteiger partial charge in [-0.3, -0.25) is 0 Å². The van der Waals surface area contributed by atoms with Crippen LogP contribution in [-0.4, -0.2) is 19.8 Å². The summed E-state index contributed by atoms with van der Waals surface area (Å²) in [6.07, 6.45) is 1.80. The lowest BCUT2D eigenvalue weighted by molar-refractivity contribution is 0.296. The second-order valence-corrected chi connectivity index (χ2v) is 5.38. The summed E-state index contributed by atoms with van der Waals surface area (Å²) in [5.74, 6) is 1.63. The fraction of sp³-hybridized carbons (Fsp3) is 0.368. The van der Waals surface area contributed by atoms with Crippen LogP contribution in [0.25, 0.3) is 0 Å². The van der Waals surface area contributed by atoms with E-state index < -0.39 is 0 Å². The van der Waals surface area contributed by atoms with E-state index in [0.29, 0.717) is 19.8 Å². The highest BCUT2D eigenvalue weighted by Gasteiger charge is 2.09. The molecule has 0 aromatic heterocycles. The molecule has 0 amide bonds. The first-order valence-corrected chi connectivity index (χ1v) is 8.04. The van der Waals surface area contributed by atoms with Gasteiger partial charge in [0.1, 0.15) is 17.3 Å². The average molecular weight is 317 g/mol. The van der Waals surface area contributed by atoms with Crippen LogP contribution in [0.2, 0.25) is 0 Å². The molecule has 4 heteroatoms. The normalized spacial score (nSPS) is 12.0. The molecule has 2 N–H and O–H groups in total. The number of rotatable bonds is 9. The van der Waals surface area contributed by atoms with Crippen molar-refractivity contribution in [2.24, 2.45) is 5.73 Å². The third-order valence-electron chi connectivity index (χ3n) is 3.71. The average Bonchev–Trinajstić information content (AvgIpc) is 2.57. The molecule has 3 nitrogen and oxygen atoms in total. The van der Waals surface area contributed by atoms with Crippen molar-refractivity contribution in [2.75, 3.05) is 19.8 Å². The molecule has 0 spiro atoms. The zero-order valence-electron chi connectivity index (χ0n) is 13.5. The largest absolute Gasteiger partial charge is 0.494 e. The number of nitrogens with two attached hydrogens (primary N) is 1. The van der Waals surface area contributed by atoms with Gasteiger partial charge in [-0.25, -0.2) is 4.39 Å². The minimum absolute atomic E-state index is 0.220. The maximum Gasteiger partial charge on any atom is 0.123 e. The molecular formula is C19H24FNO2. The Bertz CT molecular complexity index is 586. The molecule has 0 heterocycles. The lowest BCUT2D eigenvalue weighted by Gasteiger charge is -2.15. The molecule has 1 unspecified atom stereocenters. The first-order valence-electron chi connectivity index (χ1n) is 8.04. The highest BCUT2D eigenvalue weighted by Crippen LogP contribution is 2.22. The van der Waals surface area contributed by atoms with Crippen molar-refractivity contribution in [3.05, 3.63) is 59.9 Å². The van der Waals surface area contributed by atoms with Gasteiger partial charge in [0.05, 0.1) is 13.2 Å². The summed E-state index contributed by atoms with van der Waals surface area (Å²) < 4.78 is 24.2. The summed E-state index contributed by atoms with van der Waals surface area (Å²) in [6.45, 7) is 3.76. The Morgan fingerprint density at radius 3 is 2.39 bits per heavy atom. The molecule has 2 aromatic rings. The molecule has 0 saturated heterocycles. The summed E-state index contributed by atoms with van der Waals surface area (Å²) in [7, 11) is 0. The van der Waals surface area contributed by atoms with Crippen LogP contribution in [0, 0.1) is 5.82 Å². The number of hydrogen-bond donors (Lipinski definition) is 1. The zero-order chi connectivity index (χ0) is 16.5. The van der Waals surface area contributed by atoms with Gasteiger partial charge in [0.2, 0.25) is 0 Å². The van der Waals surface area contributed by atoms with Crippen LogP contribution in [0.15, 0.2) is 48.5 Å². The van der Waals surface area contributed by atoms with Crippen LogP contribution in [-0.2, 0) is 0 Å². The van der Waals surface area contributed by atoms with E-state index in [0.717, 1.165) is 29.9 Å². The molecule has 0 aliphatic carbocycles. The molecule has 0 fully saturated rings. The molecule has 0 aliphatic heterocycles.